The smallest absolute Gasteiger partial charge is 0.164 e. The highest BCUT2D eigenvalue weighted by molar-refractivity contribution is 6.39. The SMILES string of the molecule is c1ccc(-c2nc(-c3ccccc3)nc(-c3ccc4c(c3)oc3ccc(-n5c6cccc7c8ccccc8c8c9ccccc9cc5c8c76)cc34)n2)cc1. The molecule has 0 fully saturated rings. The molecule has 0 aliphatic heterocycles. The second-order valence-corrected chi connectivity index (χ2v) is 14.0. The minimum atomic E-state index is 0.599. The Morgan fingerprint density at radius 3 is 1.74 bits per heavy atom. The standard InChI is InChI=1S/C49H28N4O/c1-3-12-29(13-4-1)47-50-48(30-14-5-2-6-15-30)52-49(51-47)32-22-24-36-39-28-33(23-25-42(39)54-43(36)27-32)53-40-21-11-20-38-35-18-9-10-19-37(35)44-34-17-8-7-16-31(34)26-41(53)46(44)45(38)40/h1-28H. The highest BCUT2D eigenvalue weighted by Crippen LogP contribution is 2.47. The second-order valence-electron chi connectivity index (χ2n) is 14.0. The Kier molecular flexibility index (Phi) is 5.99. The maximum atomic E-state index is 6.56. The monoisotopic (exact) mass is 688 g/mol. The van der Waals surface area contributed by atoms with Gasteiger partial charge in [0.15, 0.2) is 17.5 Å². The van der Waals surface area contributed by atoms with Gasteiger partial charge in [-0.3, -0.25) is 0 Å². The van der Waals surface area contributed by atoms with E-state index in [1.54, 1.807) is 0 Å². The predicted octanol–water partition coefficient (Wildman–Crippen LogP) is 12.8. The molecule has 3 aromatic heterocycles. The minimum absolute atomic E-state index is 0.599. The summed E-state index contributed by atoms with van der Waals surface area (Å²) in [5, 5.41) is 12.4. The van der Waals surface area contributed by atoms with Gasteiger partial charge in [-0.05, 0) is 69.4 Å². The van der Waals surface area contributed by atoms with E-state index in [4.69, 9.17) is 19.4 Å². The fourth-order valence-electron chi connectivity index (χ4n) is 8.58. The van der Waals surface area contributed by atoms with Crippen molar-refractivity contribution in [2.75, 3.05) is 0 Å². The van der Waals surface area contributed by atoms with Crippen molar-refractivity contribution in [1.29, 1.82) is 0 Å². The lowest BCUT2D eigenvalue weighted by Crippen LogP contribution is -2.00. The number of furan rings is 1. The topological polar surface area (TPSA) is 56.7 Å². The summed E-state index contributed by atoms with van der Waals surface area (Å²) in [5.74, 6) is 1.86. The van der Waals surface area contributed by atoms with E-state index in [-0.39, 0.29) is 0 Å². The third-order valence-corrected chi connectivity index (χ3v) is 11.0. The molecule has 0 spiro atoms. The molecule has 0 radical (unpaired) electrons. The molecular weight excluding hydrogens is 661 g/mol. The van der Waals surface area contributed by atoms with E-state index in [2.05, 4.69) is 114 Å². The molecule has 0 N–H and O–H groups in total. The summed E-state index contributed by atoms with van der Waals surface area (Å²) in [6.45, 7) is 0. The van der Waals surface area contributed by atoms with Gasteiger partial charge in [-0.2, -0.15) is 0 Å². The van der Waals surface area contributed by atoms with Gasteiger partial charge in [0, 0.05) is 49.3 Å². The number of hydrogen-bond donors (Lipinski definition) is 0. The molecule has 0 unspecified atom stereocenters. The van der Waals surface area contributed by atoms with Crippen LogP contribution in [-0.2, 0) is 0 Å². The Bertz CT molecular complexity index is 3370. The maximum Gasteiger partial charge on any atom is 0.164 e. The van der Waals surface area contributed by atoms with Crippen LogP contribution in [-0.4, -0.2) is 19.5 Å². The van der Waals surface area contributed by atoms with Crippen LogP contribution in [0.1, 0.15) is 0 Å². The molecule has 0 bridgehead atoms. The lowest BCUT2D eigenvalue weighted by atomic mass is 9.91. The van der Waals surface area contributed by atoms with E-state index in [0.717, 1.165) is 44.3 Å². The summed E-state index contributed by atoms with van der Waals surface area (Å²) in [6, 6.07) is 59.6. The lowest BCUT2D eigenvalue weighted by molar-refractivity contribution is 0.669. The summed E-state index contributed by atoms with van der Waals surface area (Å²) >= 11 is 0. The molecule has 12 rings (SSSR count). The van der Waals surface area contributed by atoms with E-state index in [1.807, 2.05) is 60.7 Å². The molecular formula is C49H28N4O. The van der Waals surface area contributed by atoms with Gasteiger partial charge >= 0.3 is 0 Å². The first kappa shape index (κ1) is 29.2. The number of nitrogens with zero attached hydrogens (tertiary/aromatic N) is 4. The lowest BCUT2D eigenvalue weighted by Gasteiger charge is -2.11. The Labute approximate surface area is 308 Å². The van der Waals surface area contributed by atoms with Crippen LogP contribution in [0.5, 0.6) is 0 Å². The number of aromatic nitrogens is 4. The van der Waals surface area contributed by atoms with Gasteiger partial charge < -0.3 is 8.98 Å². The Hall–Kier alpha value is -7.37. The van der Waals surface area contributed by atoms with Gasteiger partial charge in [0.25, 0.3) is 0 Å². The van der Waals surface area contributed by atoms with E-state index in [9.17, 15) is 0 Å². The molecule has 54 heavy (non-hydrogen) atoms. The Morgan fingerprint density at radius 1 is 0.352 bits per heavy atom. The van der Waals surface area contributed by atoms with Crippen LogP contribution >= 0.6 is 0 Å². The summed E-state index contributed by atoms with van der Waals surface area (Å²) in [5.41, 5.74) is 7.85. The maximum absolute atomic E-state index is 6.56. The Balaban J connectivity index is 1.07. The zero-order valence-electron chi connectivity index (χ0n) is 28.9. The van der Waals surface area contributed by atoms with Crippen molar-refractivity contribution in [3.8, 4) is 39.9 Å². The second kappa shape index (κ2) is 11.1. The molecule has 3 heterocycles. The van der Waals surface area contributed by atoms with E-state index in [1.165, 1.54) is 54.1 Å². The fourth-order valence-corrected chi connectivity index (χ4v) is 8.58. The molecule has 12 aromatic rings. The summed E-state index contributed by atoms with van der Waals surface area (Å²) in [4.78, 5) is 14.8. The zero-order valence-corrected chi connectivity index (χ0v) is 28.9. The summed E-state index contributed by atoms with van der Waals surface area (Å²) in [7, 11) is 0. The van der Waals surface area contributed by atoms with Crippen molar-refractivity contribution in [2.45, 2.75) is 0 Å². The average Bonchev–Trinajstić information content (AvgIpc) is 3.78. The highest BCUT2D eigenvalue weighted by atomic mass is 16.3. The largest absolute Gasteiger partial charge is 0.456 e. The third kappa shape index (κ3) is 4.18. The molecule has 0 saturated heterocycles. The molecule has 0 amide bonds. The van der Waals surface area contributed by atoms with Gasteiger partial charge in [-0.25, -0.2) is 15.0 Å². The van der Waals surface area contributed by atoms with Crippen molar-refractivity contribution >= 4 is 76.1 Å². The number of hydrogen-bond acceptors (Lipinski definition) is 4. The van der Waals surface area contributed by atoms with Crippen molar-refractivity contribution in [2.24, 2.45) is 0 Å². The molecule has 0 atom stereocenters. The number of fused-ring (bicyclic) bond motifs is 8. The van der Waals surface area contributed by atoms with Crippen LogP contribution in [0.2, 0.25) is 0 Å². The number of benzene rings is 9. The molecule has 0 saturated carbocycles. The van der Waals surface area contributed by atoms with Crippen molar-refractivity contribution in [1.82, 2.24) is 19.5 Å². The summed E-state index contributed by atoms with van der Waals surface area (Å²) < 4.78 is 8.99. The fraction of sp³-hybridized carbons (Fsp3) is 0. The van der Waals surface area contributed by atoms with E-state index < -0.39 is 0 Å². The molecule has 5 nitrogen and oxygen atoms in total. The van der Waals surface area contributed by atoms with Gasteiger partial charge in [0.05, 0.1) is 11.0 Å². The first-order valence-corrected chi connectivity index (χ1v) is 18.2. The quantitative estimate of drug-likeness (QED) is 0.173. The summed E-state index contributed by atoms with van der Waals surface area (Å²) in [6.07, 6.45) is 0. The number of rotatable bonds is 4. The van der Waals surface area contributed by atoms with E-state index in [0.29, 0.717) is 17.5 Å². The van der Waals surface area contributed by atoms with Crippen LogP contribution in [0.3, 0.4) is 0 Å². The molecule has 0 aliphatic carbocycles. The van der Waals surface area contributed by atoms with Crippen molar-refractivity contribution in [3.63, 3.8) is 0 Å². The van der Waals surface area contributed by atoms with Gasteiger partial charge in [0.2, 0.25) is 0 Å². The van der Waals surface area contributed by atoms with Crippen molar-refractivity contribution < 1.29 is 4.42 Å². The minimum Gasteiger partial charge on any atom is -0.456 e. The van der Waals surface area contributed by atoms with Crippen LogP contribution in [0.4, 0.5) is 0 Å². The van der Waals surface area contributed by atoms with Gasteiger partial charge in [-0.15, -0.1) is 0 Å². The van der Waals surface area contributed by atoms with Crippen molar-refractivity contribution in [3.05, 3.63) is 170 Å². The normalized spacial score (nSPS) is 12.1. The molecule has 250 valence electrons. The predicted molar refractivity (Wildman–Crippen MR) is 221 cm³/mol. The first-order chi connectivity index (χ1) is 26.8. The average molecular weight is 689 g/mol. The van der Waals surface area contributed by atoms with Crippen LogP contribution in [0.25, 0.3) is 116 Å². The third-order valence-electron chi connectivity index (χ3n) is 11.0. The van der Waals surface area contributed by atoms with Crippen LogP contribution in [0, 0.1) is 0 Å². The van der Waals surface area contributed by atoms with Crippen LogP contribution < -0.4 is 0 Å². The van der Waals surface area contributed by atoms with Gasteiger partial charge in [-0.1, -0.05) is 127 Å². The Morgan fingerprint density at radius 2 is 0.981 bits per heavy atom. The zero-order chi connectivity index (χ0) is 35.3. The highest BCUT2D eigenvalue weighted by Gasteiger charge is 2.22. The van der Waals surface area contributed by atoms with E-state index >= 15 is 0 Å². The van der Waals surface area contributed by atoms with Gasteiger partial charge in [0.1, 0.15) is 11.2 Å². The molecule has 9 aromatic carbocycles. The van der Waals surface area contributed by atoms with Crippen LogP contribution in [0.15, 0.2) is 174 Å². The molecule has 5 heteroatoms. The first-order valence-electron chi connectivity index (χ1n) is 18.2. The molecule has 0 aliphatic rings.